The van der Waals surface area contributed by atoms with Gasteiger partial charge in [-0.25, -0.2) is 0 Å². The zero-order valence-corrected chi connectivity index (χ0v) is 48.4. The maximum absolute atomic E-state index is 7.84. The van der Waals surface area contributed by atoms with Crippen LogP contribution in [0.1, 0.15) is 208 Å². The minimum absolute atomic E-state index is 0.0123. The zero-order chi connectivity index (χ0) is 52.8. The molecule has 0 radical (unpaired) electrons. The standard InChI is InChI=1S/C70H83BN2O/c1-63(2,3)43-24-27-55(46(34-43)42-22-20-19-21-23-42)73-58-36-44(64(4,5)6)35-57-60(58)71(62-61(73)47-38-50-53(41-59(47)74-62)70(17,18)33-30-67(50,11)12)54-39-51-52(69(15,16)32-31-68(51,13)14)40-56(54)72(57)45-25-26-48-49(37-45)66(9,10)29-28-65(48,7)8/h19-27,34-41H,28-33H2,1-18H3. The lowest BCUT2D eigenvalue weighted by Crippen LogP contribution is -2.61. The van der Waals surface area contributed by atoms with Gasteiger partial charge in [0.05, 0.1) is 17.0 Å². The highest BCUT2D eigenvalue weighted by Gasteiger charge is 2.51. The second-order valence-corrected chi connectivity index (χ2v) is 29.8. The number of nitrogens with zero attached hydrogens (tertiary/aromatic N) is 2. The molecule has 3 aliphatic carbocycles. The maximum atomic E-state index is 7.84. The largest absolute Gasteiger partial charge is 0.468 e. The van der Waals surface area contributed by atoms with Crippen LogP contribution in [0.5, 0.6) is 0 Å². The first-order valence-electron chi connectivity index (χ1n) is 28.3. The quantitative estimate of drug-likeness (QED) is 0.165. The van der Waals surface area contributed by atoms with E-state index in [1.165, 1.54) is 119 Å². The molecule has 0 saturated carbocycles. The molecule has 3 heterocycles. The number of furan rings is 1. The van der Waals surface area contributed by atoms with Gasteiger partial charge in [0.1, 0.15) is 5.58 Å². The SMILES string of the molecule is CC(C)(C)c1ccc(N2c3cc(C(C)(C)C)cc4c3B(c3cc5c(cc3N4c3ccc4c(c3)C(C)(C)CCC4(C)C)C(C)(C)CCC5(C)C)c3oc4cc5c(cc4c32)C(C)(C)CCC5(C)C)c(-c2ccccc2)c1. The van der Waals surface area contributed by atoms with Crippen molar-refractivity contribution in [2.45, 2.75) is 206 Å². The first-order valence-corrected chi connectivity index (χ1v) is 28.3. The van der Waals surface area contributed by atoms with Crippen molar-refractivity contribution in [2.24, 2.45) is 0 Å². The van der Waals surface area contributed by atoms with E-state index in [2.05, 4.69) is 238 Å². The van der Waals surface area contributed by atoms with Gasteiger partial charge in [0.25, 0.3) is 6.71 Å². The van der Waals surface area contributed by atoms with Gasteiger partial charge in [0.15, 0.2) is 0 Å². The molecule has 0 spiro atoms. The fourth-order valence-corrected chi connectivity index (χ4v) is 14.3. The Morgan fingerprint density at radius 3 is 1.50 bits per heavy atom. The monoisotopic (exact) mass is 979 g/mol. The van der Waals surface area contributed by atoms with E-state index in [0.29, 0.717) is 0 Å². The molecule has 5 aliphatic rings. The Bertz CT molecular complexity index is 3490. The van der Waals surface area contributed by atoms with E-state index in [-0.39, 0.29) is 50.0 Å². The molecule has 0 fully saturated rings. The van der Waals surface area contributed by atoms with Crippen LogP contribution in [0, 0.1) is 0 Å². The van der Waals surface area contributed by atoms with E-state index in [1.54, 1.807) is 0 Å². The molecular weight excluding hydrogens is 896 g/mol. The molecule has 0 bridgehead atoms. The predicted octanol–water partition coefficient (Wildman–Crippen LogP) is 17.8. The molecule has 0 amide bonds. The third kappa shape index (κ3) is 7.32. The number of anilines is 6. The van der Waals surface area contributed by atoms with E-state index in [4.69, 9.17) is 4.42 Å². The Kier molecular flexibility index (Phi) is 10.4. The van der Waals surface area contributed by atoms with E-state index in [0.717, 1.165) is 36.9 Å². The minimum atomic E-state index is -0.159. The van der Waals surface area contributed by atoms with Crippen molar-refractivity contribution in [3.8, 4) is 11.1 Å². The third-order valence-electron chi connectivity index (χ3n) is 19.8. The molecule has 0 unspecified atom stereocenters. The van der Waals surface area contributed by atoms with Gasteiger partial charge in [-0.2, -0.15) is 0 Å². The first-order chi connectivity index (χ1) is 34.4. The van der Waals surface area contributed by atoms with Gasteiger partial charge in [-0.05, 0) is 197 Å². The van der Waals surface area contributed by atoms with Crippen LogP contribution in [0.4, 0.5) is 34.1 Å². The molecule has 12 rings (SSSR count). The maximum Gasteiger partial charge on any atom is 0.297 e. The van der Waals surface area contributed by atoms with Crippen LogP contribution in [0.3, 0.4) is 0 Å². The van der Waals surface area contributed by atoms with Gasteiger partial charge in [-0.15, -0.1) is 0 Å². The molecule has 3 nitrogen and oxygen atoms in total. The van der Waals surface area contributed by atoms with E-state index in [9.17, 15) is 0 Å². The van der Waals surface area contributed by atoms with Crippen molar-refractivity contribution in [3.63, 3.8) is 0 Å². The summed E-state index contributed by atoms with van der Waals surface area (Å²) < 4.78 is 7.84. The lowest BCUT2D eigenvalue weighted by atomic mass is 9.35. The second kappa shape index (κ2) is 15.6. The third-order valence-corrected chi connectivity index (χ3v) is 19.8. The Morgan fingerprint density at radius 2 is 0.932 bits per heavy atom. The molecule has 0 saturated heterocycles. The van der Waals surface area contributed by atoms with Crippen LogP contribution in [-0.4, -0.2) is 6.71 Å². The smallest absolute Gasteiger partial charge is 0.297 e. The van der Waals surface area contributed by atoms with Crippen LogP contribution in [-0.2, 0) is 43.3 Å². The molecule has 0 N–H and O–H groups in total. The Labute approximate surface area is 445 Å². The molecular formula is C70H83BN2O. The van der Waals surface area contributed by atoms with Crippen molar-refractivity contribution in [2.75, 3.05) is 9.80 Å². The van der Waals surface area contributed by atoms with Crippen molar-refractivity contribution < 1.29 is 4.42 Å². The number of fused-ring (bicyclic) bond motifs is 9. The van der Waals surface area contributed by atoms with Crippen LogP contribution >= 0.6 is 0 Å². The van der Waals surface area contributed by atoms with Gasteiger partial charge < -0.3 is 14.2 Å². The van der Waals surface area contributed by atoms with Crippen LogP contribution < -0.4 is 26.4 Å². The molecule has 6 aromatic carbocycles. The van der Waals surface area contributed by atoms with Crippen LogP contribution in [0.2, 0.25) is 0 Å². The summed E-state index contributed by atoms with van der Waals surface area (Å²) in [5.74, 6) is 0. The Balaban J connectivity index is 1.27. The van der Waals surface area contributed by atoms with Crippen LogP contribution in [0.25, 0.3) is 22.1 Å². The van der Waals surface area contributed by atoms with Gasteiger partial charge in [-0.3, -0.25) is 0 Å². The average molecular weight is 979 g/mol. The summed E-state index contributed by atoms with van der Waals surface area (Å²) in [6, 6.07) is 41.6. The van der Waals surface area contributed by atoms with Crippen molar-refractivity contribution >= 4 is 68.4 Å². The number of benzene rings is 6. The molecule has 4 heteroatoms. The molecule has 7 aromatic rings. The summed E-state index contributed by atoms with van der Waals surface area (Å²) in [6.07, 6.45) is 6.96. The summed E-state index contributed by atoms with van der Waals surface area (Å²) in [7, 11) is 0. The molecule has 382 valence electrons. The fraction of sp³-hybridized carbons (Fsp3) is 0.457. The van der Waals surface area contributed by atoms with Crippen molar-refractivity contribution in [1.29, 1.82) is 0 Å². The number of hydrogen-bond donors (Lipinski definition) is 0. The summed E-state index contributed by atoms with van der Waals surface area (Å²) >= 11 is 0. The highest BCUT2D eigenvalue weighted by Crippen LogP contribution is 2.56. The van der Waals surface area contributed by atoms with Gasteiger partial charge in [-0.1, -0.05) is 173 Å². The minimum Gasteiger partial charge on any atom is -0.468 e. The predicted molar refractivity (Wildman–Crippen MR) is 319 cm³/mol. The normalized spacial score (nSPS) is 20.3. The van der Waals surface area contributed by atoms with Gasteiger partial charge >= 0.3 is 0 Å². The molecule has 1 aromatic heterocycles. The molecule has 2 aliphatic heterocycles. The number of rotatable bonds is 3. The fourth-order valence-electron chi connectivity index (χ4n) is 14.3. The Hall–Kier alpha value is -5.48. The van der Waals surface area contributed by atoms with Crippen molar-refractivity contribution in [3.05, 3.63) is 148 Å². The van der Waals surface area contributed by atoms with E-state index in [1.807, 2.05) is 0 Å². The first kappa shape index (κ1) is 49.4. The Morgan fingerprint density at radius 1 is 0.432 bits per heavy atom. The number of hydrogen-bond acceptors (Lipinski definition) is 3. The zero-order valence-electron chi connectivity index (χ0n) is 48.4. The average Bonchev–Trinajstić information content (AvgIpc) is 3.76. The van der Waals surface area contributed by atoms with Crippen LogP contribution in [0.15, 0.2) is 108 Å². The van der Waals surface area contributed by atoms with E-state index >= 15 is 0 Å². The van der Waals surface area contributed by atoms with E-state index < -0.39 is 0 Å². The molecule has 0 atom stereocenters. The lowest BCUT2D eigenvalue weighted by molar-refractivity contribution is 0.332. The van der Waals surface area contributed by atoms with Gasteiger partial charge in [0.2, 0.25) is 0 Å². The summed E-state index contributed by atoms with van der Waals surface area (Å²) in [5.41, 5.74) is 26.1. The topological polar surface area (TPSA) is 19.6 Å². The van der Waals surface area contributed by atoms with Gasteiger partial charge in [0, 0.05) is 33.7 Å². The summed E-state index contributed by atoms with van der Waals surface area (Å²) in [6.45, 7) is 43.7. The highest BCUT2D eigenvalue weighted by molar-refractivity contribution is 7.00. The lowest BCUT2D eigenvalue weighted by Gasteiger charge is -2.47. The highest BCUT2D eigenvalue weighted by atomic mass is 16.3. The van der Waals surface area contributed by atoms with Crippen molar-refractivity contribution in [1.82, 2.24) is 0 Å². The summed E-state index contributed by atoms with van der Waals surface area (Å²) in [4.78, 5) is 5.40. The summed E-state index contributed by atoms with van der Waals surface area (Å²) in [5, 5.41) is 1.21. The molecule has 74 heavy (non-hydrogen) atoms. The second-order valence-electron chi connectivity index (χ2n) is 29.8.